The maximum absolute atomic E-state index is 12.6. The van der Waals surface area contributed by atoms with Gasteiger partial charge in [-0.2, -0.15) is 0 Å². The van der Waals surface area contributed by atoms with Crippen LogP contribution in [0.25, 0.3) is 0 Å². The third-order valence-electron chi connectivity index (χ3n) is 5.87. The molecule has 4 rings (SSSR count). The van der Waals surface area contributed by atoms with Crippen molar-refractivity contribution in [2.75, 3.05) is 5.32 Å². The zero-order valence-corrected chi connectivity index (χ0v) is 12.5. The minimum atomic E-state index is -0.804. The van der Waals surface area contributed by atoms with E-state index in [0.717, 1.165) is 37.8 Å². The van der Waals surface area contributed by atoms with Crippen LogP contribution in [0.2, 0.25) is 0 Å². The van der Waals surface area contributed by atoms with Crippen LogP contribution in [0.1, 0.15) is 36.8 Å². The summed E-state index contributed by atoms with van der Waals surface area (Å²) in [4.78, 5) is 24.2. The molecule has 1 amide bonds. The number of aryl methyl sites for hydroxylation is 2. The summed E-state index contributed by atoms with van der Waals surface area (Å²) in [6, 6.07) is 6.10. The van der Waals surface area contributed by atoms with Gasteiger partial charge in [-0.25, -0.2) is 0 Å². The standard InChI is InChI=1S/C18H21NO3/c20-17(15-12-4-5-13(8-12)16(15)18(21)22)19-14-7-6-10-2-1-3-11(10)9-14/h6-7,9,12-13,15-16H,1-5,8H2,(H,19,20)(H,21,22)/t12-,13-,15-,16-/m0/s1. The number of aliphatic carboxylic acids is 1. The van der Waals surface area contributed by atoms with Gasteiger partial charge in [-0.1, -0.05) is 6.07 Å². The molecule has 1 aromatic carbocycles. The lowest BCUT2D eigenvalue weighted by atomic mass is 9.78. The van der Waals surface area contributed by atoms with E-state index in [2.05, 4.69) is 17.4 Å². The van der Waals surface area contributed by atoms with E-state index in [-0.39, 0.29) is 23.7 Å². The van der Waals surface area contributed by atoms with Gasteiger partial charge in [0.15, 0.2) is 0 Å². The molecule has 0 heterocycles. The summed E-state index contributed by atoms with van der Waals surface area (Å²) in [5.74, 6) is -1.31. The van der Waals surface area contributed by atoms with Crippen molar-refractivity contribution >= 4 is 17.6 Å². The fraction of sp³-hybridized carbons (Fsp3) is 0.556. The maximum atomic E-state index is 12.6. The molecule has 2 fully saturated rings. The Bertz CT molecular complexity index is 639. The van der Waals surface area contributed by atoms with Crippen LogP contribution in [0, 0.1) is 23.7 Å². The van der Waals surface area contributed by atoms with Gasteiger partial charge in [0, 0.05) is 5.69 Å². The summed E-state index contributed by atoms with van der Waals surface area (Å²) >= 11 is 0. The molecule has 0 aromatic heterocycles. The first-order valence-corrected chi connectivity index (χ1v) is 8.29. The highest BCUT2D eigenvalue weighted by Gasteiger charge is 2.53. The molecule has 116 valence electrons. The Labute approximate surface area is 129 Å². The van der Waals surface area contributed by atoms with Crippen molar-refractivity contribution in [2.24, 2.45) is 23.7 Å². The highest BCUT2D eigenvalue weighted by molar-refractivity contribution is 5.96. The summed E-state index contributed by atoms with van der Waals surface area (Å²) in [7, 11) is 0. The van der Waals surface area contributed by atoms with Crippen LogP contribution in [0.15, 0.2) is 18.2 Å². The van der Waals surface area contributed by atoms with Crippen LogP contribution in [0.4, 0.5) is 5.69 Å². The molecule has 2 bridgehead atoms. The molecule has 2 saturated carbocycles. The molecule has 0 radical (unpaired) electrons. The van der Waals surface area contributed by atoms with Crippen molar-refractivity contribution in [2.45, 2.75) is 38.5 Å². The lowest BCUT2D eigenvalue weighted by molar-refractivity contribution is -0.148. The Morgan fingerprint density at radius 1 is 1.05 bits per heavy atom. The quantitative estimate of drug-likeness (QED) is 0.902. The number of hydrogen-bond donors (Lipinski definition) is 2. The van der Waals surface area contributed by atoms with E-state index in [1.807, 2.05) is 6.07 Å². The van der Waals surface area contributed by atoms with Crippen LogP contribution in [0.5, 0.6) is 0 Å². The molecule has 1 aromatic rings. The van der Waals surface area contributed by atoms with Crippen LogP contribution in [0.3, 0.4) is 0 Å². The molecule has 4 nitrogen and oxygen atoms in total. The van der Waals surface area contributed by atoms with Crippen LogP contribution < -0.4 is 5.32 Å². The Kier molecular flexibility index (Phi) is 3.21. The fourth-order valence-electron chi connectivity index (χ4n) is 4.90. The first kappa shape index (κ1) is 13.8. The van der Waals surface area contributed by atoms with Crippen molar-refractivity contribution in [3.8, 4) is 0 Å². The summed E-state index contributed by atoms with van der Waals surface area (Å²) < 4.78 is 0. The molecule has 2 N–H and O–H groups in total. The van der Waals surface area contributed by atoms with Gasteiger partial charge >= 0.3 is 5.97 Å². The van der Waals surface area contributed by atoms with Gasteiger partial charge in [0.05, 0.1) is 11.8 Å². The van der Waals surface area contributed by atoms with Gasteiger partial charge in [0.1, 0.15) is 0 Å². The van der Waals surface area contributed by atoms with Gasteiger partial charge in [0.25, 0.3) is 0 Å². The van der Waals surface area contributed by atoms with Crippen LogP contribution >= 0.6 is 0 Å². The number of anilines is 1. The molecular formula is C18H21NO3. The largest absolute Gasteiger partial charge is 0.481 e. The van der Waals surface area contributed by atoms with Crippen molar-refractivity contribution in [1.29, 1.82) is 0 Å². The van der Waals surface area contributed by atoms with E-state index in [0.29, 0.717) is 0 Å². The second-order valence-corrected chi connectivity index (χ2v) is 7.05. The van der Waals surface area contributed by atoms with E-state index in [9.17, 15) is 14.7 Å². The van der Waals surface area contributed by atoms with E-state index in [1.54, 1.807) is 0 Å². The molecule has 22 heavy (non-hydrogen) atoms. The van der Waals surface area contributed by atoms with Gasteiger partial charge < -0.3 is 10.4 Å². The van der Waals surface area contributed by atoms with E-state index in [4.69, 9.17) is 0 Å². The number of hydrogen-bond acceptors (Lipinski definition) is 2. The number of carboxylic acids is 1. The third kappa shape index (κ3) is 2.13. The Balaban J connectivity index is 1.53. The van der Waals surface area contributed by atoms with Crippen molar-refractivity contribution in [1.82, 2.24) is 0 Å². The average Bonchev–Trinajstić information content (AvgIpc) is 3.20. The predicted molar refractivity (Wildman–Crippen MR) is 82.5 cm³/mol. The van der Waals surface area contributed by atoms with Crippen LogP contribution in [-0.4, -0.2) is 17.0 Å². The molecule has 4 heteroatoms. The summed E-state index contributed by atoms with van der Waals surface area (Å²) in [5.41, 5.74) is 3.51. The van der Waals surface area contributed by atoms with Crippen LogP contribution in [-0.2, 0) is 22.4 Å². The molecule has 4 atom stereocenters. The number of carbonyl (C=O) groups is 2. The Hall–Kier alpha value is -1.84. The fourth-order valence-corrected chi connectivity index (χ4v) is 4.90. The molecule has 3 aliphatic rings. The number of carboxylic acid groups (broad SMARTS) is 1. The maximum Gasteiger partial charge on any atom is 0.307 e. The van der Waals surface area contributed by atoms with Gasteiger partial charge in [-0.05, 0) is 73.6 Å². The number of fused-ring (bicyclic) bond motifs is 3. The number of amides is 1. The lowest BCUT2D eigenvalue weighted by Gasteiger charge is -2.27. The van der Waals surface area contributed by atoms with Crippen molar-refractivity contribution in [3.05, 3.63) is 29.3 Å². The van der Waals surface area contributed by atoms with Crippen molar-refractivity contribution < 1.29 is 14.7 Å². The van der Waals surface area contributed by atoms with Gasteiger partial charge in [0.2, 0.25) is 5.91 Å². The molecular weight excluding hydrogens is 278 g/mol. The molecule has 0 spiro atoms. The summed E-state index contributed by atoms with van der Waals surface area (Å²) in [6.07, 6.45) is 6.24. The van der Waals surface area contributed by atoms with E-state index < -0.39 is 11.9 Å². The first-order valence-electron chi connectivity index (χ1n) is 8.29. The smallest absolute Gasteiger partial charge is 0.307 e. The second kappa shape index (κ2) is 5.11. The highest BCUT2D eigenvalue weighted by atomic mass is 16.4. The highest BCUT2D eigenvalue weighted by Crippen LogP contribution is 2.52. The summed E-state index contributed by atoms with van der Waals surface area (Å²) in [6.45, 7) is 0. The van der Waals surface area contributed by atoms with Crippen molar-refractivity contribution in [3.63, 3.8) is 0 Å². The minimum absolute atomic E-state index is 0.0995. The Morgan fingerprint density at radius 3 is 2.55 bits per heavy atom. The molecule has 0 unspecified atom stereocenters. The minimum Gasteiger partial charge on any atom is -0.481 e. The van der Waals surface area contributed by atoms with Gasteiger partial charge in [-0.15, -0.1) is 0 Å². The number of nitrogens with one attached hydrogen (secondary N) is 1. The lowest BCUT2D eigenvalue weighted by Crippen LogP contribution is -2.37. The zero-order valence-electron chi connectivity index (χ0n) is 12.5. The predicted octanol–water partition coefficient (Wildman–Crippen LogP) is 2.86. The SMILES string of the molecule is O=C(O)[C@H]1[C@H]2CC[C@@H](C2)[C@@H]1C(=O)Nc1ccc2c(c1)CCC2. The number of rotatable bonds is 3. The molecule has 0 aliphatic heterocycles. The van der Waals surface area contributed by atoms with E-state index in [1.165, 1.54) is 17.5 Å². The van der Waals surface area contributed by atoms with E-state index >= 15 is 0 Å². The normalized spacial score (nSPS) is 32.0. The third-order valence-corrected chi connectivity index (χ3v) is 5.87. The second-order valence-electron chi connectivity index (χ2n) is 7.05. The number of benzene rings is 1. The monoisotopic (exact) mass is 299 g/mol. The number of carbonyl (C=O) groups excluding carboxylic acids is 1. The summed E-state index contributed by atoms with van der Waals surface area (Å²) in [5, 5.41) is 12.4. The first-order chi connectivity index (χ1) is 10.6. The Morgan fingerprint density at radius 2 is 1.77 bits per heavy atom. The average molecular weight is 299 g/mol. The topological polar surface area (TPSA) is 66.4 Å². The zero-order chi connectivity index (χ0) is 15.3. The molecule has 0 saturated heterocycles. The van der Waals surface area contributed by atoms with Gasteiger partial charge in [-0.3, -0.25) is 9.59 Å². The molecule has 3 aliphatic carbocycles.